The highest BCUT2D eigenvalue weighted by Gasteiger charge is 2.28. The van der Waals surface area contributed by atoms with Gasteiger partial charge in [-0.1, -0.05) is 6.07 Å². The van der Waals surface area contributed by atoms with E-state index < -0.39 is 5.41 Å². The zero-order chi connectivity index (χ0) is 12.2. The fraction of sp³-hybridized carbons (Fsp3) is 0.583. The second-order valence-electron chi connectivity index (χ2n) is 4.49. The molecule has 0 fully saturated rings. The summed E-state index contributed by atoms with van der Waals surface area (Å²) in [6.45, 7) is 6.47. The minimum absolute atomic E-state index is 0.182. The second-order valence-corrected chi connectivity index (χ2v) is 5.47. The summed E-state index contributed by atoms with van der Waals surface area (Å²) in [6, 6.07) is 4.39. The molecule has 0 radical (unpaired) electrons. The van der Waals surface area contributed by atoms with E-state index in [-0.39, 0.29) is 12.0 Å². The lowest BCUT2D eigenvalue weighted by Gasteiger charge is -2.24. The molecule has 0 aliphatic carbocycles. The molecule has 1 rings (SSSR count). The SMILES string of the molecule is COC(=O)C(C)(C)CN[C@@H](C)c1cccs1. The Bertz CT molecular complexity index is 333. The van der Waals surface area contributed by atoms with Gasteiger partial charge in [-0.15, -0.1) is 11.3 Å². The van der Waals surface area contributed by atoms with Crippen molar-refractivity contribution in [3.8, 4) is 0 Å². The molecule has 0 aliphatic heterocycles. The molecule has 1 aromatic rings. The van der Waals surface area contributed by atoms with E-state index in [4.69, 9.17) is 4.74 Å². The predicted molar refractivity (Wildman–Crippen MR) is 66.5 cm³/mol. The maximum absolute atomic E-state index is 11.5. The number of hydrogen-bond acceptors (Lipinski definition) is 4. The first-order valence-corrected chi connectivity index (χ1v) is 6.20. The van der Waals surface area contributed by atoms with Gasteiger partial charge in [0.05, 0.1) is 12.5 Å². The Balaban J connectivity index is 2.48. The van der Waals surface area contributed by atoms with E-state index in [9.17, 15) is 4.79 Å². The van der Waals surface area contributed by atoms with Crippen LogP contribution in [-0.2, 0) is 9.53 Å². The van der Waals surface area contributed by atoms with Crippen LogP contribution in [0, 0.1) is 5.41 Å². The van der Waals surface area contributed by atoms with Crippen LogP contribution in [0.5, 0.6) is 0 Å². The predicted octanol–water partition coefficient (Wildman–Crippen LogP) is 2.60. The standard InChI is InChI=1S/C12H19NO2S/c1-9(10-6-5-7-16-10)13-8-12(2,3)11(14)15-4/h5-7,9,13H,8H2,1-4H3/t9-/m0/s1. The van der Waals surface area contributed by atoms with Crippen molar-refractivity contribution >= 4 is 17.3 Å². The van der Waals surface area contributed by atoms with Crippen molar-refractivity contribution in [2.75, 3.05) is 13.7 Å². The van der Waals surface area contributed by atoms with Gasteiger partial charge in [-0.2, -0.15) is 0 Å². The molecule has 0 unspecified atom stereocenters. The average Bonchev–Trinajstić information content (AvgIpc) is 2.78. The fourth-order valence-corrected chi connectivity index (χ4v) is 2.15. The van der Waals surface area contributed by atoms with Crippen molar-refractivity contribution in [1.82, 2.24) is 5.32 Å². The van der Waals surface area contributed by atoms with E-state index in [2.05, 4.69) is 23.7 Å². The molecule has 0 saturated carbocycles. The van der Waals surface area contributed by atoms with E-state index in [1.807, 2.05) is 19.9 Å². The van der Waals surface area contributed by atoms with E-state index in [0.29, 0.717) is 6.54 Å². The maximum Gasteiger partial charge on any atom is 0.312 e. The Hall–Kier alpha value is -0.870. The lowest BCUT2D eigenvalue weighted by atomic mass is 9.93. The number of carbonyl (C=O) groups is 1. The smallest absolute Gasteiger partial charge is 0.312 e. The number of ether oxygens (including phenoxy) is 1. The molecule has 1 N–H and O–H groups in total. The Morgan fingerprint density at radius 1 is 1.62 bits per heavy atom. The average molecular weight is 241 g/mol. The van der Waals surface area contributed by atoms with Gasteiger partial charge in [-0.3, -0.25) is 4.79 Å². The molecule has 3 nitrogen and oxygen atoms in total. The molecular formula is C12H19NO2S. The van der Waals surface area contributed by atoms with Crippen LogP contribution in [-0.4, -0.2) is 19.6 Å². The van der Waals surface area contributed by atoms with Gasteiger partial charge < -0.3 is 10.1 Å². The zero-order valence-corrected chi connectivity index (χ0v) is 11.1. The van der Waals surface area contributed by atoms with Gasteiger partial charge in [0, 0.05) is 17.5 Å². The summed E-state index contributed by atoms with van der Waals surface area (Å²) < 4.78 is 4.76. The number of thiophene rings is 1. The molecule has 4 heteroatoms. The highest BCUT2D eigenvalue weighted by Crippen LogP contribution is 2.21. The Kier molecular flexibility index (Phi) is 4.50. The molecule has 90 valence electrons. The normalized spacial score (nSPS) is 13.5. The van der Waals surface area contributed by atoms with E-state index in [1.54, 1.807) is 11.3 Å². The van der Waals surface area contributed by atoms with Crippen molar-refractivity contribution in [2.24, 2.45) is 5.41 Å². The third-order valence-electron chi connectivity index (χ3n) is 2.56. The molecule has 0 bridgehead atoms. The number of rotatable bonds is 5. The Morgan fingerprint density at radius 3 is 2.81 bits per heavy atom. The minimum atomic E-state index is -0.486. The van der Waals surface area contributed by atoms with Crippen LogP contribution >= 0.6 is 11.3 Å². The summed E-state index contributed by atoms with van der Waals surface area (Å²) in [5.41, 5.74) is -0.486. The highest BCUT2D eigenvalue weighted by molar-refractivity contribution is 7.10. The number of esters is 1. The van der Waals surface area contributed by atoms with E-state index in [1.165, 1.54) is 12.0 Å². The van der Waals surface area contributed by atoms with Crippen LogP contribution in [0.25, 0.3) is 0 Å². The molecule has 0 spiro atoms. The van der Waals surface area contributed by atoms with E-state index >= 15 is 0 Å². The van der Waals surface area contributed by atoms with Crippen LogP contribution in [0.1, 0.15) is 31.7 Å². The maximum atomic E-state index is 11.5. The van der Waals surface area contributed by atoms with Crippen molar-refractivity contribution in [3.63, 3.8) is 0 Å². The van der Waals surface area contributed by atoms with Crippen LogP contribution in [0.4, 0.5) is 0 Å². The first-order valence-electron chi connectivity index (χ1n) is 5.32. The molecule has 1 aromatic heterocycles. The molecule has 0 amide bonds. The molecule has 1 atom stereocenters. The second kappa shape index (κ2) is 5.46. The fourth-order valence-electron chi connectivity index (χ4n) is 1.39. The van der Waals surface area contributed by atoms with Gasteiger partial charge in [-0.05, 0) is 32.2 Å². The first kappa shape index (κ1) is 13.2. The number of methoxy groups -OCH3 is 1. The van der Waals surface area contributed by atoms with Crippen molar-refractivity contribution < 1.29 is 9.53 Å². The summed E-state index contributed by atoms with van der Waals surface area (Å²) in [6.07, 6.45) is 0. The van der Waals surface area contributed by atoms with Gasteiger partial charge in [0.25, 0.3) is 0 Å². The lowest BCUT2D eigenvalue weighted by Crippen LogP contribution is -2.37. The van der Waals surface area contributed by atoms with Crippen LogP contribution < -0.4 is 5.32 Å². The van der Waals surface area contributed by atoms with Gasteiger partial charge in [0.1, 0.15) is 0 Å². The van der Waals surface area contributed by atoms with Crippen LogP contribution in [0.15, 0.2) is 17.5 Å². The molecule has 0 saturated heterocycles. The number of hydrogen-bond donors (Lipinski definition) is 1. The zero-order valence-electron chi connectivity index (χ0n) is 10.2. The summed E-state index contributed by atoms with van der Waals surface area (Å²) >= 11 is 1.72. The van der Waals surface area contributed by atoms with Crippen molar-refractivity contribution in [1.29, 1.82) is 0 Å². The van der Waals surface area contributed by atoms with E-state index in [0.717, 1.165) is 0 Å². The molecular weight excluding hydrogens is 222 g/mol. The van der Waals surface area contributed by atoms with Crippen LogP contribution in [0.3, 0.4) is 0 Å². The molecule has 16 heavy (non-hydrogen) atoms. The van der Waals surface area contributed by atoms with Gasteiger partial charge in [-0.25, -0.2) is 0 Å². The number of carbonyl (C=O) groups excluding carboxylic acids is 1. The van der Waals surface area contributed by atoms with Gasteiger partial charge in [0.2, 0.25) is 0 Å². The third-order valence-corrected chi connectivity index (χ3v) is 3.61. The summed E-state index contributed by atoms with van der Waals surface area (Å²) in [4.78, 5) is 12.8. The van der Waals surface area contributed by atoms with Crippen molar-refractivity contribution in [2.45, 2.75) is 26.8 Å². The third kappa shape index (κ3) is 3.32. The minimum Gasteiger partial charge on any atom is -0.469 e. The first-order chi connectivity index (χ1) is 7.47. The largest absolute Gasteiger partial charge is 0.469 e. The summed E-state index contributed by atoms with van der Waals surface area (Å²) in [7, 11) is 1.42. The Labute approximate surface area is 101 Å². The van der Waals surface area contributed by atoms with Crippen LogP contribution in [0.2, 0.25) is 0 Å². The van der Waals surface area contributed by atoms with Gasteiger partial charge in [0.15, 0.2) is 0 Å². The topological polar surface area (TPSA) is 38.3 Å². The molecule has 0 aliphatic rings. The van der Waals surface area contributed by atoms with Gasteiger partial charge >= 0.3 is 5.97 Å². The highest BCUT2D eigenvalue weighted by atomic mass is 32.1. The number of nitrogens with one attached hydrogen (secondary N) is 1. The summed E-state index contributed by atoms with van der Waals surface area (Å²) in [5, 5.41) is 5.40. The lowest BCUT2D eigenvalue weighted by molar-refractivity contribution is -0.150. The molecule has 0 aromatic carbocycles. The quantitative estimate of drug-likeness (QED) is 0.805. The Morgan fingerprint density at radius 2 is 2.31 bits per heavy atom. The monoisotopic (exact) mass is 241 g/mol. The summed E-state index contributed by atoms with van der Waals surface area (Å²) in [5.74, 6) is -0.182. The molecule has 1 heterocycles. The van der Waals surface area contributed by atoms with Crippen molar-refractivity contribution in [3.05, 3.63) is 22.4 Å².